The van der Waals surface area contributed by atoms with Crippen LogP contribution in [-0.2, 0) is 18.3 Å². The lowest BCUT2D eigenvalue weighted by molar-refractivity contribution is 0.520. The smallest absolute Gasteiger partial charge is 0.0540 e. The molecule has 1 nitrogen and oxygen atoms in total. The molecule has 0 amide bonds. The first kappa shape index (κ1) is 36.8. The van der Waals surface area contributed by atoms with E-state index in [-0.39, 0.29) is 5.41 Å². The fourth-order valence-electron chi connectivity index (χ4n) is 9.39. The van der Waals surface area contributed by atoms with Crippen molar-refractivity contribution in [1.29, 1.82) is 0 Å². The van der Waals surface area contributed by atoms with Gasteiger partial charge in [-0.25, -0.2) is 0 Å². The Morgan fingerprint density at radius 2 is 0.900 bits per heavy atom. The van der Waals surface area contributed by atoms with Crippen LogP contribution in [0.5, 0.6) is 0 Å². The van der Waals surface area contributed by atoms with Crippen LogP contribution in [0.1, 0.15) is 33.4 Å². The summed E-state index contributed by atoms with van der Waals surface area (Å²) in [6.45, 7) is 8.01. The van der Waals surface area contributed by atoms with E-state index < -0.39 is 0 Å². The van der Waals surface area contributed by atoms with Crippen LogP contribution in [-0.4, -0.2) is 0 Å². The van der Waals surface area contributed by atoms with E-state index >= 15 is 0 Å². The Hall–Kier alpha value is -7.48. The molecule has 0 spiro atoms. The zero-order valence-corrected chi connectivity index (χ0v) is 33.6. The highest BCUT2D eigenvalue weighted by molar-refractivity contribution is 5.99. The van der Waals surface area contributed by atoms with E-state index in [4.69, 9.17) is 0 Å². The quantitative estimate of drug-likeness (QED) is 0.127. The van der Waals surface area contributed by atoms with Crippen molar-refractivity contribution in [3.8, 4) is 33.4 Å². The molecule has 0 saturated carbocycles. The van der Waals surface area contributed by atoms with Crippen LogP contribution in [0.3, 0.4) is 0 Å². The summed E-state index contributed by atoms with van der Waals surface area (Å²) in [5.74, 6) is 0. The molecule has 9 aromatic rings. The Morgan fingerprint density at radius 1 is 0.400 bits per heavy atom. The van der Waals surface area contributed by atoms with Gasteiger partial charge in [0.05, 0.1) is 5.69 Å². The maximum absolute atomic E-state index is 4.01. The molecule has 0 heterocycles. The van der Waals surface area contributed by atoms with Crippen molar-refractivity contribution in [3.63, 3.8) is 0 Å². The monoisotopic (exact) mass is 767 g/mol. The number of hydrogen-bond donors (Lipinski definition) is 0. The normalized spacial score (nSPS) is 12.4. The van der Waals surface area contributed by atoms with Gasteiger partial charge < -0.3 is 4.90 Å². The van der Waals surface area contributed by atoms with Crippen LogP contribution in [0.4, 0.5) is 17.1 Å². The third kappa shape index (κ3) is 6.75. The minimum absolute atomic E-state index is 0.273. The first-order valence-corrected chi connectivity index (χ1v) is 20.8. The SMILES string of the molecule is C=Cc1ccc(CC2(Cc3ccc(C=C)cc3)c3ccccc3-c3ccc(-c4ccc(N(c5ccc(-c6ccccc6)cc5)c5cccc6ccccc56)cc4)cc32)cc1. The van der Waals surface area contributed by atoms with Crippen LogP contribution in [0.25, 0.3) is 56.3 Å². The summed E-state index contributed by atoms with van der Waals surface area (Å²) in [6.07, 6.45) is 5.59. The van der Waals surface area contributed by atoms with E-state index in [1.807, 2.05) is 12.2 Å². The zero-order valence-electron chi connectivity index (χ0n) is 33.6. The number of anilines is 3. The van der Waals surface area contributed by atoms with Crippen molar-refractivity contribution in [3.05, 3.63) is 259 Å². The average molecular weight is 768 g/mol. The molecule has 1 aliphatic rings. The van der Waals surface area contributed by atoms with Crippen molar-refractivity contribution in [2.45, 2.75) is 18.3 Å². The van der Waals surface area contributed by atoms with Crippen molar-refractivity contribution >= 4 is 40.0 Å². The largest absolute Gasteiger partial charge is 0.310 e. The van der Waals surface area contributed by atoms with Gasteiger partial charge in [-0.05, 0) is 121 Å². The number of benzene rings is 9. The second kappa shape index (κ2) is 15.7. The first-order chi connectivity index (χ1) is 29.6. The molecule has 286 valence electrons. The lowest BCUT2D eigenvalue weighted by Crippen LogP contribution is -2.31. The lowest BCUT2D eigenvalue weighted by atomic mass is 9.69. The van der Waals surface area contributed by atoms with Gasteiger partial charge in [-0.3, -0.25) is 0 Å². The highest BCUT2D eigenvalue weighted by Gasteiger charge is 2.43. The Kier molecular flexibility index (Phi) is 9.64. The van der Waals surface area contributed by atoms with Crippen LogP contribution in [0.2, 0.25) is 0 Å². The zero-order chi connectivity index (χ0) is 40.5. The molecule has 0 aliphatic heterocycles. The molecular formula is C59H45N. The van der Waals surface area contributed by atoms with Crippen molar-refractivity contribution < 1.29 is 0 Å². The molecular weight excluding hydrogens is 723 g/mol. The molecule has 0 atom stereocenters. The molecule has 0 bridgehead atoms. The van der Waals surface area contributed by atoms with Gasteiger partial charge in [0.2, 0.25) is 0 Å². The summed E-state index contributed by atoms with van der Waals surface area (Å²) in [6, 6.07) is 78.0. The molecule has 0 radical (unpaired) electrons. The topological polar surface area (TPSA) is 3.24 Å². The molecule has 0 unspecified atom stereocenters. The lowest BCUT2D eigenvalue weighted by Gasteiger charge is -2.33. The predicted octanol–water partition coefficient (Wildman–Crippen LogP) is 15.7. The molecule has 0 N–H and O–H groups in total. The Balaban J connectivity index is 1.07. The van der Waals surface area contributed by atoms with E-state index in [2.05, 4.69) is 230 Å². The van der Waals surface area contributed by atoms with Crippen molar-refractivity contribution in [2.75, 3.05) is 4.90 Å². The van der Waals surface area contributed by atoms with E-state index in [0.29, 0.717) is 0 Å². The first-order valence-electron chi connectivity index (χ1n) is 20.8. The van der Waals surface area contributed by atoms with Gasteiger partial charge >= 0.3 is 0 Å². The Morgan fingerprint density at radius 3 is 1.53 bits per heavy atom. The molecule has 1 heteroatoms. The second-order valence-electron chi connectivity index (χ2n) is 15.9. The average Bonchev–Trinajstić information content (AvgIpc) is 3.58. The molecule has 1 aliphatic carbocycles. The van der Waals surface area contributed by atoms with E-state index in [1.165, 1.54) is 66.4 Å². The molecule has 0 fully saturated rings. The van der Waals surface area contributed by atoms with Crippen molar-refractivity contribution in [1.82, 2.24) is 0 Å². The van der Waals surface area contributed by atoms with Gasteiger partial charge in [0, 0.05) is 22.2 Å². The van der Waals surface area contributed by atoms with E-state index in [1.54, 1.807) is 0 Å². The summed E-state index contributed by atoms with van der Waals surface area (Å²) in [7, 11) is 0. The van der Waals surface area contributed by atoms with Gasteiger partial charge in [-0.15, -0.1) is 0 Å². The molecule has 9 aromatic carbocycles. The predicted molar refractivity (Wildman–Crippen MR) is 256 cm³/mol. The van der Waals surface area contributed by atoms with Gasteiger partial charge in [-0.2, -0.15) is 0 Å². The van der Waals surface area contributed by atoms with Crippen LogP contribution >= 0.6 is 0 Å². The molecule has 0 saturated heterocycles. The minimum Gasteiger partial charge on any atom is -0.310 e. The third-order valence-electron chi connectivity index (χ3n) is 12.4. The molecule has 60 heavy (non-hydrogen) atoms. The highest BCUT2D eigenvalue weighted by atomic mass is 15.1. The van der Waals surface area contributed by atoms with Gasteiger partial charge in [0.1, 0.15) is 0 Å². The second-order valence-corrected chi connectivity index (χ2v) is 15.9. The molecule has 10 rings (SSSR count). The summed E-state index contributed by atoms with van der Waals surface area (Å²) in [5, 5.41) is 2.43. The maximum Gasteiger partial charge on any atom is 0.0540 e. The number of hydrogen-bond acceptors (Lipinski definition) is 1. The summed E-state index contributed by atoms with van der Waals surface area (Å²) >= 11 is 0. The standard InChI is InChI=1S/C59H45N/c1-3-42-21-25-44(26-22-42)40-59(41-45-27-23-43(4-2)24-28-45)56-19-11-10-18-54(56)55-38-33-50(39-57(55)59)48-31-36-52(37-32-48)60(58-20-12-16-49-15-8-9-17-53(49)58)51-34-29-47(30-35-51)46-13-6-5-7-14-46/h3-39H,1-2,40-41H2. The number of nitrogens with zero attached hydrogens (tertiary/aromatic N) is 1. The van der Waals surface area contributed by atoms with Crippen LogP contribution in [0.15, 0.2) is 225 Å². The summed E-state index contributed by atoms with van der Waals surface area (Å²) in [5.41, 5.74) is 18.2. The minimum atomic E-state index is -0.273. The number of rotatable bonds is 11. The van der Waals surface area contributed by atoms with E-state index in [0.717, 1.165) is 41.0 Å². The van der Waals surface area contributed by atoms with Gasteiger partial charge in [-0.1, -0.05) is 201 Å². The maximum atomic E-state index is 4.01. The molecule has 0 aromatic heterocycles. The van der Waals surface area contributed by atoms with E-state index in [9.17, 15) is 0 Å². The van der Waals surface area contributed by atoms with Crippen LogP contribution in [0, 0.1) is 0 Å². The number of fused-ring (bicyclic) bond motifs is 4. The fraction of sp³-hybridized carbons (Fsp3) is 0.0508. The van der Waals surface area contributed by atoms with Gasteiger partial charge in [0.15, 0.2) is 0 Å². The highest BCUT2D eigenvalue weighted by Crippen LogP contribution is 2.53. The third-order valence-corrected chi connectivity index (χ3v) is 12.4. The fourth-order valence-corrected chi connectivity index (χ4v) is 9.39. The Labute approximate surface area is 353 Å². The summed E-state index contributed by atoms with van der Waals surface area (Å²) < 4.78 is 0. The summed E-state index contributed by atoms with van der Waals surface area (Å²) in [4.78, 5) is 2.39. The van der Waals surface area contributed by atoms with Crippen LogP contribution < -0.4 is 4.90 Å². The van der Waals surface area contributed by atoms with Crippen molar-refractivity contribution in [2.24, 2.45) is 0 Å². The van der Waals surface area contributed by atoms with Gasteiger partial charge in [0.25, 0.3) is 0 Å². The Bertz CT molecular complexity index is 2910.